The van der Waals surface area contributed by atoms with Gasteiger partial charge in [0.25, 0.3) is 0 Å². The SMILES string of the molecule is CC(C)(C)c1cc2ccc3cc4c(c5ccc(c1)c2c35)-c1c(cc2ccc3cc(C(C)(C)C)cc5ccc1c2c35)OCc1ccc2ccccc2c1-c1c(ccc2ccccc12)CO4. The minimum Gasteiger partial charge on any atom is -0.488 e. The van der Waals surface area contributed by atoms with Crippen LogP contribution in [0.5, 0.6) is 11.5 Å². The Bertz CT molecular complexity index is 3620. The molecule has 0 aliphatic carbocycles. The van der Waals surface area contributed by atoms with Crippen molar-refractivity contribution in [2.45, 2.75) is 65.6 Å². The van der Waals surface area contributed by atoms with Crippen molar-refractivity contribution in [3.63, 3.8) is 0 Å². The zero-order valence-electron chi connectivity index (χ0n) is 37.2. The van der Waals surface area contributed by atoms with Crippen LogP contribution in [0, 0.1) is 0 Å². The molecule has 1 aliphatic rings. The van der Waals surface area contributed by atoms with Crippen LogP contribution in [-0.2, 0) is 24.0 Å². The summed E-state index contributed by atoms with van der Waals surface area (Å²) >= 11 is 0. The molecule has 0 saturated carbocycles. The van der Waals surface area contributed by atoms with Crippen LogP contribution in [0.1, 0.15) is 63.8 Å². The van der Waals surface area contributed by atoms with Gasteiger partial charge in [-0.3, -0.25) is 0 Å². The van der Waals surface area contributed by atoms with Crippen molar-refractivity contribution >= 4 is 86.2 Å². The van der Waals surface area contributed by atoms with Gasteiger partial charge in [0.15, 0.2) is 0 Å². The highest BCUT2D eigenvalue weighted by molar-refractivity contribution is 6.31. The molecule has 13 rings (SSSR count). The van der Waals surface area contributed by atoms with Gasteiger partial charge in [0.2, 0.25) is 0 Å². The summed E-state index contributed by atoms with van der Waals surface area (Å²) in [5.41, 5.74) is 9.58. The molecule has 0 unspecified atom stereocenters. The molecule has 12 aromatic carbocycles. The third-order valence-corrected chi connectivity index (χ3v) is 14.4. The number of hydrogen-bond donors (Lipinski definition) is 0. The molecule has 1 aliphatic heterocycles. The van der Waals surface area contributed by atoms with Crippen LogP contribution in [0.3, 0.4) is 0 Å². The molecule has 0 radical (unpaired) electrons. The maximum absolute atomic E-state index is 7.42. The fraction of sp³-hybridized carbons (Fsp3) is 0.161. The predicted molar refractivity (Wildman–Crippen MR) is 272 cm³/mol. The summed E-state index contributed by atoms with van der Waals surface area (Å²) in [6, 6.07) is 59.4. The largest absolute Gasteiger partial charge is 0.488 e. The Morgan fingerprint density at radius 3 is 1.05 bits per heavy atom. The second-order valence-corrected chi connectivity index (χ2v) is 20.4. The minimum absolute atomic E-state index is 0.0235. The molecule has 64 heavy (non-hydrogen) atoms. The van der Waals surface area contributed by atoms with Gasteiger partial charge in [-0.1, -0.05) is 187 Å². The molecule has 0 aromatic heterocycles. The van der Waals surface area contributed by atoms with E-state index in [1.807, 2.05) is 0 Å². The van der Waals surface area contributed by atoms with Gasteiger partial charge < -0.3 is 9.47 Å². The molecule has 12 aromatic rings. The highest BCUT2D eigenvalue weighted by Gasteiger charge is 2.28. The first-order valence-corrected chi connectivity index (χ1v) is 22.8. The number of ether oxygens (including phenoxy) is 2. The quantitative estimate of drug-likeness (QED) is 0.142. The summed E-state index contributed by atoms with van der Waals surface area (Å²) in [6.07, 6.45) is 0. The number of benzene rings is 12. The molecule has 0 fully saturated rings. The number of hydrogen-bond acceptors (Lipinski definition) is 2. The Kier molecular flexibility index (Phi) is 7.71. The van der Waals surface area contributed by atoms with Gasteiger partial charge >= 0.3 is 0 Å². The van der Waals surface area contributed by atoms with Crippen LogP contribution in [0.4, 0.5) is 0 Å². The summed E-state index contributed by atoms with van der Waals surface area (Å²) in [5.74, 6) is 1.71. The third kappa shape index (κ3) is 5.45. The fourth-order valence-electron chi connectivity index (χ4n) is 11.1. The van der Waals surface area contributed by atoms with Crippen molar-refractivity contribution in [2.75, 3.05) is 0 Å². The Labute approximate surface area is 373 Å². The van der Waals surface area contributed by atoms with Gasteiger partial charge in [-0.15, -0.1) is 0 Å². The highest BCUT2D eigenvalue weighted by Crippen LogP contribution is 2.53. The molecule has 2 heteroatoms. The van der Waals surface area contributed by atoms with Crippen molar-refractivity contribution < 1.29 is 9.47 Å². The minimum atomic E-state index is 0.0235. The zero-order valence-corrected chi connectivity index (χ0v) is 37.2. The Hall–Kier alpha value is -7.16. The smallest absolute Gasteiger partial charge is 0.129 e. The molecular formula is C62H48O2. The molecule has 0 atom stereocenters. The van der Waals surface area contributed by atoms with Gasteiger partial charge in [-0.05, 0) is 143 Å². The van der Waals surface area contributed by atoms with Crippen molar-refractivity contribution in [1.29, 1.82) is 0 Å². The average Bonchev–Trinajstić information content (AvgIpc) is 3.29. The van der Waals surface area contributed by atoms with E-state index in [2.05, 4.69) is 199 Å². The summed E-state index contributed by atoms with van der Waals surface area (Å²) in [5, 5.41) is 19.7. The second-order valence-electron chi connectivity index (χ2n) is 20.4. The van der Waals surface area contributed by atoms with E-state index in [0.717, 1.165) is 33.8 Å². The van der Waals surface area contributed by atoms with E-state index < -0.39 is 0 Å². The van der Waals surface area contributed by atoms with E-state index in [1.165, 1.54) is 108 Å². The standard InChI is InChI=1S/C62H48O2/c1-61(2,3)45-27-37-17-19-41-31-51-59(49-25-23-39(29-45)53(37)55(41)49)60-50-26-24-40-30-46(62(4,5)6)28-38-18-20-42(56(50)54(38)40)32-52(60)64-34-44-22-16-36-12-8-10-14-48(36)58(44)57-43(33-63-51)21-15-35-11-7-9-13-47(35)57/h7-32H,33-34H2,1-6H3. The summed E-state index contributed by atoms with van der Waals surface area (Å²) < 4.78 is 14.8. The van der Waals surface area contributed by atoms with E-state index in [4.69, 9.17) is 9.47 Å². The maximum Gasteiger partial charge on any atom is 0.129 e. The molecule has 1 heterocycles. The molecule has 0 bridgehead atoms. The lowest BCUT2D eigenvalue weighted by atomic mass is 9.81. The second kappa shape index (κ2) is 13.2. The third-order valence-electron chi connectivity index (χ3n) is 14.4. The first-order chi connectivity index (χ1) is 31.0. The van der Waals surface area contributed by atoms with Crippen LogP contribution in [-0.4, -0.2) is 0 Å². The summed E-state index contributed by atoms with van der Waals surface area (Å²) in [7, 11) is 0. The van der Waals surface area contributed by atoms with Gasteiger partial charge in [0.1, 0.15) is 24.7 Å². The lowest BCUT2D eigenvalue weighted by molar-refractivity contribution is 0.303. The van der Waals surface area contributed by atoms with E-state index in [-0.39, 0.29) is 10.8 Å². The van der Waals surface area contributed by atoms with Crippen LogP contribution in [0.15, 0.2) is 158 Å². The molecule has 308 valence electrons. The van der Waals surface area contributed by atoms with Gasteiger partial charge in [0, 0.05) is 11.1 Å². The monoisotopic (exact) mass is 824 g/mol. The Balaban J connectivity index is 1.17. The normalized spacial score (nSPS) is 13.6. The predicted octanol–water partition coefficient (Wildman–Crippen LogP) is 17.2. The van der Waals surface area contributed by atoms with Gasteiger partial charge in [0.05, 0.1) is 0 Å². The first kappa shape index (κ1) is 37.4. The fourth-order valence-corrected chi connectivity index (χ4v) is 11.1. The van der Waals surface area contributed by atoms with Gasteiger partial charge in [-0.2, -0.15) is 0 Å². The molecule has 0 saturated heterocycles. The number of rotatable bonds is 0. The van der Waals surface area contributed by atoms with E-state index in [0.29, 0.717) is 13.2 Å². The van der Waals surface area contributed by atoms with E-state index in [9.17, 15) is 0 Å². The van der Waals surface area contributed by atoms with E-state index in [1.54, 1.807) is 0 Å². The topological polar surface area (TPSA) is 18.5 Å². The molecule has 0 spiro atoms. The zero-order chi connectivity index (χ0) is 43.2. The Morgan fingerprint density at radius 2 is 0.656 bits per heavy atom. The van der Waals surface area contributed by atoms with Crippen molar-refractivity contribution in [3.8, 4) is 33.8 Å². The summed E-state index contributed by atoms with van der Waals surface area (Å²) in [6.45, 7) is 14.6. The van der Waals surface area contributed by atoms with Crippen LogP contribution in [0.25, 0.3) is 108 Å². The highest BCUT2D eigenvalue weighted by atomic mass is 16.5. The lowest BCUT2D eigenvalue weighted by Crippen LogP contribution is -2.11. The molecule has 2 nitrogen and oxygen atoms in total. The van der Waals surface area contributed by atoms with Crippen molar-refractivity contribution in [3.05, 3.63) is 180 Å². The van der Waals surface area contributed by atoms with Crippen LogP contribution in [0.2, 0.25) is 0 Å². The molecular weight excluding hydrogens is 777 g/mol. The van der Waals surface area contributed by atoms with Crippen LogP contribution >= 0.6 is 0 Å². The van der Waals surface area contributed by atoms with Gasteiger partial charge in [-0.25, -0.2) is 0 Å². The Morgan fingerprint density at radius 1 is 0.312 bits per heavy atom. The average molecular weight is 825 g/mol. The first-order valence-electron chi connectivity index (χ1n) is 22.8. The number of fused-ring (bicyclic) bond motifs is 12. The summed E-state index contributed by atoms with van der Waals surface area (Å²) in [4.78, 5) is 0. The van der Waals surface area contributed by atoms with Crippen LogP contribution < -0.4 is 9.47 Å². The van der Waals surface area contributed by atoms with E-state index >= 15 is 0 Å². The molecule has 0 amide bonds. The molecule has 0 N–H and O–H groups in total. The van der Waals surface area contributed by atoms with Crippen molar-refractivity contribution in [1.82, 2.24) is 0 Å². The lowest BCUT2D eigenvalue weighted by Gasteiger charge is -2.26. The maximum atomic E-state index is 7.42. The van der Waals surface area contributed by atoms with Crippen molar-refractivity contribution in [2.24, 2.45) is 0 Å².